The molecular weight excluding hydrogens is 170 g/mol. The van der Waals surface area contributed by atoms with E-state index in [1.165, 1.54) is 10.7 Å². The first-order valence-electron chi connectivity index (χ1n) is 3.77. The van der Waals surface area contributed by atoms with E-state index in [0.29, 0.717) is 13.0 Å². The molecule has 0 bridgehead atoms. The molecule has 0 amide bonds. The van der Waals surface area contributed by atoms with Gasteiger partial charge < -0.3 is 10.1 Å². The minimum Gasteiger partial charge on any atom is -0.358 e. The molecule has 0 N–H and O–H groups in total. The standard InChI is InChI=1S/C8H9N3O2/c1-3-4-5-10-7(2)6-8(9-10)11(12)13/h1,6H,4-5H2,2H3. The summed E-state index contributed by atoms with van der Waals surface area (Å²) in [6.45, 7) is 2.28. The highest BCUT2D eigenvalue weighted by molar-refractivity contribution is 5.20. The van der Waals surface area contributed by atoms with Crippen LogP contribution >= 0.6 is 0 Å². The van der Waals surface area contributed by atoms with E-state index in [9.17, 15) is 10.1 Å². The van der Waals surface area contributed by atoms with Crippen LogP contribution in [0.5, 0.6) is 0 Å². The molecule has 0 aromatic carbocycles. The van der Waals surface area contributed by atoms with Crippen LogP contribution in [0.25, 0.3) is 0 Å². The van der Waals surface area contributed by atoms with Crippen LogP contribution in [0.3, 0.4) is 0 Å². The van der Waals surface area contributed by atoms with Crippen LogP contribution in [0.1, 0.15) is 12.1 Å². The van der Waals surface area contributed by atoms with Gasteiger partial charge >= 0.3 is 5.82 Å². The van der Waals surface area contributed by atoms with Crippen LogP contribution in [-0.4, -0.2) is 14.7 Å². The van der Waals surface area contributed by atoms with E-state index >= 15 is 0 Å². The van der Waals surface area contributed by atoms with Crippen LogP contribution in [0, 0.1) is 29.4 Å². The summed E-state index contributed by atoms with van der Waals surface area (Å²) < 4.78 is 1.54. The highest BCUT2D eigenvalue weighted by Gasteiger charge is 2.13. The van der Waals surface area contributed by atoms with Gasteiger partial charge in [0.1, 0.15) is 0 Å². The van der Waals surface area contributed by atoms with Crippen LogP contribution in [0.4, 0.5) is 5.82 Å². The Morgan fingerprint density at radius 2 is 2.54 bits per heavy atom. The van der Waals surface area contributed by atoms with Gasteiger partial charge in [0.05, 0.1) is 23.4 Å². The number of aromatic nitrogens is 2. The second kappa shape index (κ2) is 3.72. The zero-order valence-electron chi connectivity index (χ0n) is 7.23. The molecular formula is C8H9N3O2. The zero-order valence-corrected chi connectivity index (χ0v) is 7.23. The van der Waals surface area contributed by atoms with Crippen LogP contribution < -0.4 is 0 Å². The maximum Gasteiger partial charge on any atom is 0.390 e. The smallest absolute Gasteiger partial charge is 0.358 e. The Labute approximate surface area is 75.5 Å². The van der Waals surface area contributed by atoms with Crippen LogP contribution in [-0.2, 0) is 6.54 Å². The molecule has 0 spiro atoms. The Morgan fingerprint density at radius 1 is 1.85 bits per heavy atom. The summed E-state index contributed by atoms with van der Waals surface area (Å²) in [5.41, 5.74) is 0.752. The van der Waals surface area contributed by atoms with E-state index in [2.05, 4.69) is 11.0 Å². The van der Waals surface area contributed by atoms with Crippen molar-refractivity contribution < 1.29 is 4.92 Å². The van der Waals surface area contributed by atoms with Crippen molar-refractivity contribution in [2.45, 2.75) is 19.9 Å². The first-order valence-corrected chi connectivity index (χ1v) is 3.77. The second-order valence-electron chi connectivity index (χ2n) is 2.58. The summed E-state index contributed by atoms with van der Waals surface area (Å²) in [5.74, 6) is 2.32. The largest absolute Gasteiger partial charge is 0.390 e. The van der Waals surface area contributed by atoms with E-state index in [-0.39, 0.29) is 5.82 Å². The van der Waals surface area contributed by atoms with Crippen LogP contribution in [0.2, 0.25) is 0 Å². The molecule has 1 heterocycles. The Kier molecular flexibility index (Phi) is 2.65. The minimum absolute atomic E-state index is 0.130. The van der Waals surface area contributed by atoms with Crippen molar-refractivity contribution in [3.63, 3.8) is 0 Å². The van der Waals surface area contributed by atoms with E-state index in [0.717, 1.165) is 5.69 Å². The highest BCUT2D eigenvalue weighted by atomic mass is 16.6. The molecule has 0 aliphatic heterocycles. The molecule has 1 aromatic heterocycles. The normalized spacial score (nSPS) is 9.54. The molecule has 5 nitrogen and oxygen atoms in total. The summed E-state index contributed by atoms with van der Waals surface area (Å²) in [7, 11) is 0. The molecule has 0 fully saturated rings. The van der Waals surface area contributed by atoms with Crippen molar-refractivity contribution in [2.24, 2.45) is 0 Å². The summed E-state index contributed by atoms with van der Waals surface area (Å²) in [6.07, 6.45) is 5.60. The van der Waals surface area contributed by atoms with Gasteiger partial charge in [-0.2, -0.15) is 4.68 Å². The minimum atomic E-state index is -0.515. The molecule has 68 valence electrons. The third-order valence-corrected chi connectivity index (χ3v) is 1.62. The predicted octanol–water partition coefficient (Wildman–Crippen LogP) is 1.12. The lowest BCUT2D eigenvalue weighted by molar-refractivity contribution is -0.389. The lowest BCUT2D eigenvalue weighted by atomic mass is 10.4. The monoisotopic (exact) mass is 179 g/mol. The second-order valence-corrected chi connectivity index (χ2v) is 2.58. The van der Waals surface area contributed by atoms with Gasteiger partial charge in [-0.1, -0.05) is 0 Å². The lowest BCUT2D eigenvalue weighted by Gasteiger charge is -1.92. The number of terminal acetylenes is 1. The van der Waals surface area contributed by atoms with Gasteiger partial charge in [0, 0.05) is 6.42 Å². The average Bonchev–Trinajstić information content (AvgIpc) is 2.44. The number of nitrogens with zero attached hydrogens (tertiary/aromatic N) is 3. The first-order chi connectivity index (χ1) is 6.15. The summed E-state index contributed by atoms with van der Waals surface area (Å²) in [4.78, 5) is 9.82. The highest BCUT2D eigenvalue weighted by Crippen LogP contribution is 2.10. The Balaban J connectivity index is 2.85. The molecule has 1 aromatic rings. The maximum absolute atomic E-state index is 10.3. The maximum atomic E-state index is 10.3. The van der Waals surface area contributed by atoms with E-state index in [1.54, 1.807) is 6.92 Å². The van der Waals surface area contributed by atoms with Gasteiger partial charge in [0.15, 0.2) is 0 Å². The molecule has 13 heavy (non-hydrogen) atoms. The predicted molar refractivity (Wildman–Crippen MR) is 47.1 cm³/mol. The molecule has 5 heteroatoms. The summed E-state index contributed by atoms with van der Waals surface area (Å²) >= 11 is 0. The third-order valence-electron chi connectivity index (χ3n) is 1.62. The summed E-state index contributed by atoms with van der Waals surface area (Å²) in [5, 5.41) is 14.1. The Morgan fingerprint density at radius 3 is 3.00 bits per heavy atom. The van der Waals surface area contributed by atoms with E-state index < -0.39 is 4.92 Å². The average molecular weight is 179 g/mol. The quantitative estimate of drug-likeness (QED) is 0.397. The Bertz CT molecular complexity index is 362. The van der Waals surface area contributed by atoms with Gasteiger partial charge in [-0.15, -0.1) is 12.3 Å². The van der Waals surface area contributed by atoms with E-state index in [1.807, 2.05) is 0 Å². The fourth-order valence-corrected chi connectivity index (χ4v) is 0.979. The van der Waals surface area contributed by atoms with Gasteiger partial charge in [0.25, 0.3) is 0 Å². The molecule has 0 radical (unpaired) electrons. The fourth-order valence-electron chi connectivity index (χ4n) is 0.979. The first kappa shape index (κ1) is 9.26. The number of aryl methyl sites for hydroxylation is 2. The molecule has 0 aliphatic rings. The Hall–Kier alpha value is -1.83. The zero-order chi connectivity index (χ0) is 9.84. The van der Waals surface area contributed by atoms with Crippen molar-refractivity contribution in [1.29, 1.82) is 0 Å². The number of nitro groups is 1. The van der Waals surface area contributed by atoms with Gasteiger partial charge in [0.2, 0.25) is 0 Å². The van der Waals surface area contributed by atoms with Crippen molar-refractivity contribution >= 4 is 5.82 Å². The third kappa shape index (κ3) is 2.06. The lowest BCUT2D eigenvalue weighted by Crippen LogP contribution is -2.01. The van der Waals surface area contributed by atoms with Crippen molar-refractivity contribution in [3.8, 4) is 12.3 Å². The summed E-state index contributed by atoms with van der Waals surface area (Å²) in [6, 6.07) is 1.43. The molecule has 0 aliphatic carbocycles. The fraction of sp³-hybridized carbons (Fsp3) is 0.375. The topological polar surface area (TPSA) is 61.0 Å². The van der Waals surface area contributed by atoms with Gasteiger partial charge in [-0.3, -0.25) is 0 Å². The molecule has 0 unspecified atom stereocenters. The van der Waals surface area contributed by atoms with Crippen molar-refractivity contribution in [2.75, 3.05) is 0 Å². The SMILES string of the molecule is C#CCCn1nc([N+](=O)[O-])cc1C. The molecule has 1 rings (SSSR count). The molecule has 0 atom stereocenters. The van der Waals surface area contributed by atoms with Crippen molar-refractivity contribution in [3.05, 3.63) is 21.9 Å². The van der Waals surface area contributed by atoms with Crippen LogP contribution in [0.15, 0.2) is 6.07 Å². The number of hydrogen-bond acceptors (Lipinski definition) is 3. The van der Waals surface area contributed by atoms with E-state index in [4.69, 9.17) is 6.42 Å². The molecule has 0 saturated carbocycles. The molecule has 0 saturated heterocycles. The van der Waals surface area contributed by atoms with Crippen molar-refractivity contribution in [1.82, 2.24) is 9.78 Å². The van der Waals surface area contributed by atoms with Gasteiger partial charge in [-0.05, 0) is 11.8 Å². The number of hydrogen-bond donors (Lipinski definition) is 0. The number of rotatable bonds is 3. The van der Waals surface area contributed by atoms with Gasteiger partial charge in [-0.25, -0.2) is 0 Å².